The molecule has 33 heavy (non-hydrogen) atoms. The van der Waals surface area contributed by atoms with Gasteiger partial charge in [0, 0.05) is 24.7 Å². The maximum absolute atomic E-state index is 12.8. The van der Waals surface area contributed by atoms with E-state index in [0.29, 0.717) is 12.1 Å². The second kappa shape index (κ2) is 11.8. The highest BCUT2D eigenvalue weighted by atomic mass is 16.4. The zero-order valence-corrected chi connectivity index (χ0v) is 18.0. The van der Waals surface area contributed by atoms with Gasteiger partial charge < -0.3 is 31.4 Å². The third kappa shape index (κ3) is 7.42. The molecular weight excluding hydrogens is 428 g/mol. The van der Waals surface area contributed by atoms with Crippen molar-refractivity contribution in [3.8, 4) is 0 Å². The number of aromatic amines is 1. The van der Waals surface area contributed by atoms with Crippen LogP contribution in [-0.2, 0) is 32.0 Å². The molecule has 3 atom stereocenters. The number of nitrogens with zero attached hydrogens (tertiary/aromatic N) is 1. The SMILES string of the molecule is O=C(CNC(=O)C(Cc1cnc[nH]1)NC(=O)C1CCCN1)NC(Cc1ccccc1)C(=O)O. The van der Waals surface area contributed by atoms with Gasteiger partial charge in [-0.2, -0.15) is 0 Å². The van der Waals surface area contributed by atoms with Crippen LogP contribution in [0.4, 0.5) is 0 Å². The molecular formula is C22H28N6O5. The van der Waals surface area contributed by atoms with Crippen LogP contribution in [0.2, 0.25) is 0 Å². The summed E-state index contributed by atoms with van der Waals surface area (Å²) in [4.78, 5) is 55.9. The molecule has 1 saturated heterocycles. The molecule has 1 aromatic heterocycles. The van der Waals surface area contributed by atoms with E-state index in [1.807, 2.05) is 6.07 Å². The smallest absolute Gasteiger partial charge is 0.326 e. The lowest BCUT2D eigenvalue weighted by Crippen LogP contribution is -2.54. The molecule has 0 radical (unpaired) electrons. The van der Waals surface area contributed by atoms with Crippen LogP contribution in [0.1, 0.15) is 24.1 Å². The Morgan fingerprint density at radius 3 is 2.52 bits per heavy atom. The van der Waals surface area contributed by atoms with Gasteiger partial charge >= 0.3 is 5.97 Å². The Balaban J connectivity index is 1.55. The second-order valence-corrected chi connectivity index (χ2v) is 7.86. The monoisotopic (exact) mass is 456 g/mol. The lowest BCUT2D eigenvalue weighted by molar-refractivity contribution is -0.141. The van der Waals surface area contributed by atoms with Crippen molar-refractivity contribution in [1.29, 1.82) is 0 Å². The number of H-pyrrole nitrogens is 1. The molecule has 1 aliphatic heterocycles. The summed E-state index contributed by atoms with van der Waals surface area (Å²) in [5.41, 5.74) is 1.41. The first kappa shape index (κ1) is 23.9. The molecule has 2 aromatic rings. The minimum Gasteiger partial charge on any atom is -0.480 e. The van der Waals surface area contributed by atoms with Gasteiger partial charge in [0.1, 0.15) is 12.1 Å². The summed E-state index contributed by atoms with van der Waals surface area (Å²) < 4.78 is 0. The minimum absolute atomic E-state index is 0.114. The molecule has 0 spiro atoms. The Labute approximate surface area is 190 Å². The highest BCUT2D eigenvalue weighted by Crippen LogP contribution is 2.07. The van der Waals surface area contributed by atoms with E-state index in [4.69, 9.17) is 0 Å². The Morgan fingerprint density at radius 2 is 1.88 bits per heavy atom. The van der Waals surface area contributed by atoms with Gasteiger partial charge in [0.15, 0.2) is 0 Å². The fourth-order valence-electron chi connectivity index (χ4n) is 3.59. The van der Waals surface area contributed by atoms with E-state index in [1.165, 1.54) is 6.33 Å². The molecule has 6 N–H and O–H groups in total. The number of amides is 3. The van der Waals surface area contributed by atoms with Gasteiger partial charge in [-0.1, -0.05) is 30.3 Å². The number of aromatic nitrogens is 2. The Kier molecular flexibility index (Phi) is 8.53. The Bertz CT molecular complexity index is 943. The number of benzene rings is 1. The summed E-state index contributed by atoms with van der Waals surface area (Å²) in [5, 5.41) is 20.1. The van der Waals surface area contributed by atoms with Gasteiger partial charge in [0.2, 0.25) is 17.7 Å². The van der Waals surface area contributed by atoms with Gasteiger partial charge in [-0.3, -0.25) is 14.4 Å². The van der Waals surface area contributed by atoms with Crippen LogP contribution in [0.5, 0.6) is 0 Å². The molecule has 0 aliphatic carbocycles. The third-order valence-electron chi connectivity index (χ3n) is 5.33. The van der Waals surface area contributed by atoms with Crippen LogP contribution in [0, 0.1) is 0 Å². The van der Waals surface area contributed by atoms with E-state index in [2.05, 4.69) is 31.2 Å². The van der Waals surface area contributed by atoms with Crippen LogP contribution < -0.4 is 21.3 Å². The van der Waals surface area contributed by atoms with Crippen molar-refractivity contribution in [3.63, 3.8) is 0 Å². The summed E-state index contributed by atoms with van der Waals surface area (Å²) >= 11 is 0. The number of hydrogen-bond donors (Lipinski definition) is 6. The van der Waals surface area contributed by atoms with Crippen molar-refractivity contribution in [3.05, 3.63) is 54.1 Å². The maximum atomic E-state index is 12.8. The average molecular weight is 457 g/mol. The topological polar surface area (TPSA) is 165 Å². The number of carbonyl (C=O) groups is 4. The summed E-state index contributed by atoms with van der Waals surface area (Å²) in [6, 6.07) is 6.50. The summed E-state index contributed by atoms with van der Waals surface area (Å²) in [5.74, 6) is -2.66. The minimum atomic E-state index is -1.17. The molecule has 11 heteroatoms. The van der Waals surface area contributed by atoms with Gasteiger partial charge in [-0.05, 0) is 24.9 Å². The fourth-order valence-corrected chi connectivity index (χ4v) is 3.59. The number of nitrogens with one attached hydrogen (secondary N) is 5. The number of imidazole rings is 1. The molecule has 11 nitrogen and oxygen atoms in total. The number of hydrogen-bond acceptors (Lipinski definition) is 6. The van der Waals surface area contributed by atoms with Crippen LogP contribution in [-0.4, -0.2) is 70.0 Å². The number of carboxylic acids is 1. The molecule has 176 valence electrons. The predicted octanol–water partition coefficient (Wildman–Crippen LogP) is -0.883. The van der Waals surface area contributed by atoms with Gasteiger partial charge in [0.25, 0.3) is 0 Å². The normalized spacial score (nSPS) is 17.0. The number of carboxylic acid groups (broad SMARTS) is 1. The van der Waals surface area contributed by atoms with Crippen LogP contribution in [0.25, 0.3) is 0 Å². The predicted molar refractivity (Wildman–Crippen MR) is 118 cm³/mol. The first-order valence-corrected chi connectivity index (χ1v) is 10.8. The maximum Gasteiger partial charge on any atom is 0.326 e. The standard InChI is InChI=1S/C22H28N6O5/c29-19(27-18(22(32)33)9-14-5-2-1-3-6-14)12-25-20(30)17(10-15-11-23-13-26-15)28-21(31)16-7-4-8-24-16/h1-3,5-6,11,13,16-18,24H,4,7-10,12H2,(H,23,26)(H,25,30)(H,27,29)(H,28,31)(H,32,33). The van der Waals surface area contributed by atoms with E-state index in [9.17, 15) is 24.3 Å². The summed E-state index contributed by atoms with van der Waals surface area (Å²) in [6.07, 6.45) is 4.86. The lowest BCUT2D eigenvalue weighted by atomic mass is 10.1. The molecule has 3 amide bonds. The van der Waals surface area contributed by atoms with Crippen molar-refractivity contribution in [2.75, 3.05) is 13.1 Å². The molecule has 0 saturated carbocycles. The van der Waals surface area contributed by atoms with Crippen molar-refractivity contribution in [2.45, 2.75) is 43.8 Å². The van der Waals surface area contributed by atoms with Gasteiger partial charge in [0.05, 0.1) is 18.9 Å². The molecule has 1 aliphatic rings. The number of carbonyl (C=O) groups excluding carboxylic acids is 3. The lowest BCUT2D eigenvalue weighted by Gasteiger charge is -2.20. The Hall–Kier alpha value is -3.73. The van der Waals surface area contributed by atoms with Crippen LogP contribution >= 0.6 is 0 Å². The highest BCUT2D eigenvalue weighted by Gasteiger charge is 2.28. The van der Waals surface area contributed by atoms with E-state index >= 15 is 0 Å². The van der Waals surface area contributed by atoms with E-state index < -0.39 is 36.4 Å². The molecule has 3 rings (SSSR count). The largest absolute Gasteiger partial charge is 0.480 e. The fraction of sp³-hybridized carbons (Fsp3) is 0.409. The zero-order valence-electron chi connectivity index (χ0n) is 18.0. The Morgan fingerprint density at radius 1 is 1.09 bits per heavy atom. The van der Waals surface area contributed by atoms with Gasteiger partial charge in [-0.25, -0.2) is 9.78 Å². The van der Waals surface area contributed by atoms with Gasteiger partial charge in [-0.15, -0.1) is 0 Å². The van der Waals surface area contributed by atoms with Crippen LogP contribution in [0.3, 0.4) is 0 Å². The van der Waals surface area contributed by atoms with E-state index in [1.54, 1.807) is 30.5 Å². The van der Waals surface area contributed by atoms with E-state index in [-0.39, 0.29) is 24.8 Å². The molecule has 2 heterocycles. The van der Waals surface area contributed by atoms with Crippen molar-refractivity contribution < 1.29 is 24.3 Å². The first-order chi connectivity index (χ1) is 15.9. The highest BCUT2D eigenvalue weighted by molar-refractivity contribution is 5.92. The van der Waals surface area contributed by atoms with Crippen molar-refractivity contribution >= 4 is 23.7 Å². The van der Waals surface area contributed by atoms with Crippen molar-refractivity contribution in [1.82, 2.24) is 31.2 Å². The van der Waals surface area contributed by atoms with Crippen LogP contribution in [0.15, 0.2) is 42.9 Å². The third-order valence-corrected chi connectivity index (χ3v) is 5.33. The molecule has 0 bridgehead atoms. The zero-order chi connectivity index (χ0) is 23.6. The first-order valence-electron chi connectivity index (χ1n) is 10.8. The molecule has 1 aromatic carbocycles. The number of aliphatic carboxylic acids is 1. The quantitative estimate of drug-likeness (QED) is 0.255. The molecule has 3 unspecified atom stereocenters. The second-order valence-electron chi connectivity index (χ2n) is 7.86. The van der Waals surface area contributed by atoms with Crippen molar-refractivity contribution in [2.24, 2.45) is 0 Å². The summed E-state index contributed by atoms with van der Waals surface area (Å²) in [6.45, 7) is 0.317. The molecule has 1 fully saturated rings. The van der Waals surface area contributed by atoms with E-state index in [0.717, 1.165) is 18.5 Å². The number of rotatable bonds is 11. The summed E-state index contributed by atoms with van der Waals surface area (Å²) in [7, 11) is 0. The average Bonchev–Trinajstić information content (AvgIpc) is 3.51.